The van der Waals surface area contributed by atoms with Gasteiger partial charge in [0.25, 0.3) is 0 Å². The van der Waals surface area contributed by atoms with E-state index in [1.165, 1.54) is 0 Å². The number of rotatable bonds is 2. The molecule has 1 atom stereocenters. The molecule has 0 spiro atoms. The van der Waals surface area contributed by atoms with E-state index in [1.807, 2.05) is 0 Å². The summed E-state index contributed by atoms with van der Waals surface area (Å²) >= 11 is -1.63. The molecule has 0 aromatic rings. The maximum atomic E-state index is 11.2. The number of allylic oxidation sites excluding steroid dienone is 3. The van der Waals surface area contributed by atoms with Gasteiger partial charge in [-0.3, -0.25) is 0 Å². The molecule has 0 N–H and O–H groups in total. The van der Waals surface area contributed by atoms with Crippen molar-refractivity contribution >= 4 is 17.0 Å². The average molecular weight is 198 g/mol. The zero-order valence-electron chi connectivity index (χ0n) is 7.44. The molecule has 4 heteroatoms. The van der Waals surface area contributed by atoms with Gasteiger partial charge in [0, 0.05) is 0 Å². The van der Waals surface area contributed by atoms with Crippen molar-refractivity contribution in [3.63, 3.8) is 0 Å². The van der Waals surface area contributed by atoms with Crippen molar-refractivity contribution in [3.8, 4) is 0 Å². The lowest BCUT2D eigenvalue weighted by Crippen LogP contribution is -1.96. The molecule has 3 nitrogen and oxygen atoms in total. The van der Waals surface area contributed by atoms with Crippen molar-refractivity contribution in [1.29, 1.82) is 0 Å². The maximum Gasteiger partial charge on any atom is 0.353 e. The molecular formula is C9H10O3S. The molecule has 1 unspecified atom stereocenters. The Morgan fingerprint density at radius 2 is 1.85 bits per heavy atom. The summed E-state index contributed by atoms with van der Waals surface area (Å²) in [5, 5.41) is 0. The first-order valence-corrected chi connectivity index (χ1v) is 4.92. The van der Waals surface area contributed by atoms with Crippen molar-refractivity contribution in [3.05, 3.63) is 34.8 Å². The van der Waals surface area contributed by atoms with Crippen LogP contribution in [-0.4, -0.2) is 10.2 Å². The lowest BCUT2D eigenvalue weighted by molar-refractivity contribution is -0.128. The summed E-state index contributed by atoms with van der Waals surface area (Å²) in [6.07, 6.45) is 6.65. The van der Waals surface area contributed by atoms with Crippen molar-refractivity contribution in [1.82, 2.24) is 0 Å². The third kappa shape index (κ3) is 1.95. The fraction of sp³-hybridized carbons (Fsp3) is 0.222. The largest absolute Gasteiger partial charge is 0.356 e. The molecule has 13 heavy (non-hydrogen) atoms. The molecule has 1 rings (SSSR count). The van der Waals surface area contributed by atoms with Crippen LogP contribution in [0.4, 0.5) is 0 Å². The highest BCUT2D eigenvalue weighted by atomic mass is 32.2. The maximum absolute atomic E-state index is 11.2. The number of hydrogen-bond acceptors (Lipinski definition) is 3. The molecular weight excluding hydrogens is 188 g/mol. The molecule has 0 saturated carbocycles. The summed E-state index contributed by atoms with van der Waals surface area (Å²) in [7, 11) is 0. The molecule has 70 valence electrons. The topological polar surface area (TPSA) is 43.4 Å². The predicted molar refractivity (Wildman–Crippen MR) is 50.9 cm³/mol. The van der Waals surface area contributed by atoms with Crippen LogP contribution in [0.15, 0.2) is 34.8 Å². The summed E-state index contributed by atoms with van der Waals surface area (Å²) in [5.41, 5.74) is 0.374. The Kier molecular flexibility index (Phi) is 3.19. The molecule has 0 saturated heterocycles. The highest BCUT2D eigenvalue weighted by Gasteiger charge is 2.28. The van der Waals surface area contributed by atoms with Gasteiger partial charge in [0.05, 0.1) is 10.5 Å². The number of carbonyl (C=O) groups excluding carboxylic acids is 1. The number of hydrogen-bond donors (Lipinski definition) is 0. The minimum Gasteiger partial charge on any atom is -0.356 e. The van der Waals surface area contributed by atoms with Crippen LogP contribution in [-0.2, 0) is 20.1 Å². The molecule has 0 aromatic heterocycles. The second kappa shape index (κ2) is 4.18. The van der Waals surface area contributed by atoms with E-state index in [1.54, 1.807) is 38.2 Å². The van der Waals surface area contributed by atoms with Crippen LogP contribution in [0, 0.1) is 0 Å². The van der Waals surface area contributed by atoms with Gasteiger partial charge in [-0.1, -0.05) is 18.2 Å². The Morgan fingerprint density at radius 3 is 2.38 bits per heavy atom. The van der Waals surface area contributed by atoms with Crippen molar-refractivity contribution in [2.45, 2.75) is 13.8 Å². The Bertz CT molecular complexity index is 305. The second-order valence-electron chi connectivity index (χ2n) is 2.38. The van der Waals surface area contributed by atoms with E-state index in [2.05, 4.69) is 4.18 Å². The average Bonchev–Trinajstić information content (AvgIpc) is 2.33. The molecule has 1 heterocycles. The molecule has 0 fully saturated rings. The van der Waals surface area contributed by atoms with Crippen LogP contribution in [0.3, 0.4) is 0 Å². The minimum absolute atomic E-state index is 0.374. The smallest absolute Gasteiger partial charge is 0.353 e. The van der Waals surface area contributed by atoms with E-state index in [0.29, 0.717) is 10.5 Å². The van der Waals surface area contributed by atoms with Gasteiger partial charge < -0.3 is 4.18 Å². The molecule has 0 amide bonds. The lowest BCUT2D eigenvalue weighted by atomic mass is 10.2. The van der Waals surface area contributed by atoms with Crippen LogP contribution < -0.4 is 0 Å². The van der Waals surface area contributed by atoms with Crippen LogP contribution in [0.1, 0.15) is 13.8 Å². The van der Waals surface area contributed by atoms with Crippen LogP contribution in [0.2, 0.25) is 0 Å². The minimum atomic E-state index is -1.63. The molecule has 0 radical (unpaired) electrons. The van der Waals surface area contributed by atoms with Crippen molar-refractivity contribution < 1.29 is 13.2 Å². The first-order chi connectivity index (χ1) is 6.20. The van der Waals surface area contributed by atoms with Gasteiger partial charge in [0.15, 0.2) is 0 Å². The van der Waals surface area contributed by atoms with E-state index in [-0.39, 0.29) is 0 Å². The zero-order valence-corrected chi connectivity index (χ0v) is 8.26. The standard InChI is InChI=1S/C9H10O3S/c1-3-5-7-8(6-4-2)13(11)12-9(7)10/h3-6H,1-2H3/b5-3-,6-4-. The normalized spacial score (nSPS) is 23.5. The molecule has 0 bridgehead atoms. The monoisotopic (exact) mass is 198 g/mol. The molecule has 1 aliphatic heterocycles. The van der Waals surface area contributed by atoms with Gasteiger partial charge in [-0.15, -0.1) is 0 Å². The SMILES string of the molecule is C/C=C\C1=C(/C=C\C)S(=O)OC1=O. The third-order valence-corrected chi connectivity index (χ3v) is 2.49. The van der Waals surface area contributed by atoms with Crippen LogP contribution in [0.5, 0.6) is 0 Å². The molecule has 1 aliphatic rings. The second-order valence-corrected chi connectivity index (χ2v) is 3.46. The summed E-state index contributed by atoms with van der Waals surface area (Å²) in [6, 6.07) is 0. The van der Waals surface area contributed by atoms with Gasteiger partial charge in [-0.25, -0.2) is 9.00 Å². The highest BCUT2D eigenvalue weighted by molar-refractivity contribution is 7.85. The Morgan fingerprint density at radius 1 is 1.23 bits per heavy atom. The Balaban J connectivity index is 3.17. The van der Waals surface area contributed by atoms with Gasteiger partial charge in [-0.05, 0) is 19.9 Å². The van der Waals surface area contributed by atoms with Gasteiger partial charge in [-0.2, -0.15) is 0 Å². The summed E-state index contributed by atoms with van der Waals surface area (Å²) < 4.78 is 15.7. The van der Waals surface area contributed by atoms with Crippen molar-refractivity contribution in [2.75, 3.05) is 0 Å². The van der Waals surface area contributed by atoms with E-state index < -0.39 is 17.0 Å². The van der Waals surface area contributed by atoms with Gasteiger partial charge in [0.1, 0.15) is 0 Å². The van der Waals surface area contributed by atoms with Crippen molar-refractivity contribution in [2.24, 2.45) is 0 Å². The zero-order chi connectivity index (χ0) is 9.84. The first kappa shape index (κ1) is 9.92. The molecule has 0 aliphatic carbocycles. The van der Waals surface area contributed by atoms with E-state index in [9.17, 15) is 9.00 Å². The Hall–Kier alpha value is -1.16. The van der Waals surface area contributed by atoms with E-state index >= 15 is 0 Å². The van der Waals surface area contributed by atoms with Gasteiger partial charge >= 0.3 is 5.97 Å². The van der Waals surface area contributed by atoms with E-state index in [4.69, 9.17) is 0 Å². The van der Waals surface area contributed by atoms with Crippen LogP contribution in [0.25, 0.3) is 0 Å². The third-order valence-electron chi connectivity index (χ3n) is 1.47. The van der Waals surface area contributed by atoms with Crippen LogP contribution >= 0.6 is 0 Å². The predicted octanol–water partition coefficient (Wildman–Crippen LogP) is 1.61. The fourth-order valence-electron chi connectivity index (χ4n) is 0.962. The molecule has 0 aromatic carbocycles. The fourth-order valence-corrected chi connectivity index (χ4v) is 1.86. The quantitative estimate of drug-likeness (QED) is 0.677. The summed E-state index contributed by atoms with van der Waals surface area (Å²) in [6.45, 7) is 3.58. The number of carbonyl (C=O) groups is 1. The lowest BCUT2D eigenvalue weighted by Gasteiger charge is -1.87. The Labute approximate surface area is 79.4 Å². The summed E-state index contributed by atoms with van der Waals surface area (Å²) in [4.78, 5) is 11.5. The first-order valence-electron chi connectivity index (χ1n) is 3.84. The van der Waals surface area contributed by atoms with Gasteiger partial charge in [0.2, 0.25) is 11.1 Å². The van der Waals surface area contributed by atoms with E-state index in [0.717, 1.165) is 0 Å². The summed E-state index contributed by atoms with van der Waals surface area (Å²) in [5.74, 6) is -0.524. The highest BCUT2D eigenvalue weighted by Crippen LogP contribution is 2.23.